The van der Waals surface area contributed by atoms with Crippen LogP contribution < -0.4 is 4.31 Å². The van der Waals surface area contributed by atoms with Gasteiger partial charge in [-0.05, 0) is 36.8 Å². The Morgan fingerprint density at radius 2 is 1.81 bits per heavy atom. The molecule has 0 unspecified atom stereocenters. The second-order valence-electron chi connectivity index (χ2n) is 4.57. The summed E-state index contributed by atoms with van der Waals surface area (Å²) in [5.41, 5.74) is 1.37. The van der Waals surface area contributed by atoms with Crippen LogP contribution in [0.5, 0.6) is 0 Å². The van der Waals surface area contributed by atoms with Gasteiger partial charge in [0, 0.05) is 0 Å². The van der Waals surface area contributed by atoms with Gasteiger partial charge in [-0.3, -0.25) is 4.31 Å². The standard InChI is InChI=1S/C15H16ClNO3S/c1-12-7-8-15(14(16)11-12)21(19,20)17(9-10-18)13-5-3-2-4-6-13/h2-8,11,18H,9-10H2,1H3. The van der Waals surface area contributed by atoms with E-state index in [1.165, 1.54) is 6.07 Å². The summed E-state index contributed by atoms with van der Waals surface area (Å²) in [6, 6.07) is 13.4. The van der Waals surface area contributed by atoms with Crippen molar-refractivity contribution in [1.82, 2.24) is 0 Å². The van der Waals surface area contributed by atoms with Gasteiger partial charge in [-0.2, -0.15) is 0 Å². The van der Waals surface area contributed by atoms with Crippen LogP contribution in [0, 0.1) is 6.92 Å². The van der Waals surface area contributed by atoms with Gasteiger partial charge in [-0.25, -0.2) is 8.42 Å². The van der Waals surface area contributed by atoms with E-state index in [2.05, 4.69) is 0 Å². The molecule has 0 amide bonds. The van der Waals surface area contributed by atoms with E-state index >= 15 is 0 Å². The van der Waals surface area contributed by atoms with E-state index in [0.29, 0.717) is 5.69 Å². The monoisotopic (exact) mass is 325 g/mol. The number of hydrogen-bond acceptors (Lipinski definition) is 3. The van der Waals surface area contributed by atoms with Gasteiger partial charge in [-0.1, -0.05) is 35.9 Å². The Kier molecular flexibility index (Phi) is 4.88. The van der Waals surface area contributed by atoms with Gasteiger partial charge < -0.3 is 5.11 Å². The van der Waals surface area contributed by atoms with Crippen molar-refractivity contribution in [3.63, 3.8) is 0 Å². The third-order valence-electron chi connectivity index (χ3n) is 3.00. The lowest BCUT2D eigenvalue weighted by Gasteiger charge is -2.24. The highest BCUT2D eigenvalue weighted by Crippen LogP contribution is 2.28. The summed E-state index contributed by atoms with van der Waals surface area (Å²) in [4.78, 5) is 0.0343. The smallest absolute Gasteiger partial charge is 0.265 e. The molecule has 0 bridgehead atoms. The zero-order valence-electron chi connectivity index (χ0n) is 11.5. The summed E-state index contributed by atoms with van der Waals surface area (Å²) in [6.07, 6.45) is 0. The molecule has 112 valence electrons. The fourth-order valence-electron chi connectivity index (χ4n) is 2.01. The van der Waals surface area contributed by atoms with E-state index < -0.39 is 10.0 Å². The number of aliphatic hydroxyl groups is 1. The van der Waals surface area contributed by atoms with Crippen LogP contribution in [0.15, 0.2) is 53.4 Å². The third-order valence-corrected chi connectivity index (χ3v) is 5.31. The quantitative estimate of drug-likeness (QED) is 0.919. The highest BCUT2D eigenvalue weighted by Gasteiger charge is 2.26. The van der Waals surface area contributed by atoms with Crippen molar-refractivity contribution in [2.75, 3.05) is 17.5 Å². The summed E-state index contributed by atoms with van der Waals surface area (Å²) in [5, 5.41) is 9.36. The number of sulfonamides is 1. The summed E-state index contributed by atoms with van der Waals surface area (Å²) < 4.78 is 26.7. The van der Waals surface area contributed by atoms with Crippen molar-refractivity contribution in [3.8, 4) is 0 Å². The number of aliphatic hydroxyl groups excluding tert-OH is 1. The van der Waals surface area contributed by atoms with Crippen molar-refractivity contribution >= 4 is 27.3 Å². The largest absolute Gasteiger partial charge is 0.394 e. The average Bonchev–Trinajstić information content (AvgIpc) is 2.45. The number of para-hydroxylation sites is 1. The SMILES string of the molecule is Cc1ccc(S(=O)(=O)N(CCO)c2ccccc2)c(Cl)c1. The van der Waals surface area contributed by atoms with E-state index in [0.717, 1.165) is 9.87 Å². The molecule has 2 aromatic carbocycles. The van der Waals surface area contributed by atoms with Gasteiger partial charge in [-0.15, -0.1) is 0 Å². The fraction of sp³-hybridized carbons (Fsp3) is 0.200. The van der Waals surface area contributed by atoms with E-state index in [-0.39, 0.29) is 23.1 Å². The first-order chi connectivity index (χ1) is 9.96. The zero-order chi connectivity index (χ0) is 15.5. The lowest BCUT2D eigenvalue weighted by atomic mass is 10.2. The number of aryl methyl sites for hydroxylation is 1. The number of hydrogen-bond donors (Lipinski definition) is 1. The van der Waals surface area contributed by atoms with Crippen LogP contribution in [0.1, 0.15) is 5.56 Å². The molecule has 0 heterocycles. The average molecular weight is 326 g/mol. The topological polar surface area (TPSA) is 57.6 Å². The summed E-state index contributed by atoms with van der Waals surface area (Å²) in [6.45, 7) is 1.53. The molecule has 0 atom stereocenters. The Morgan fingerprint density at radius 3 is 2.38 bits per heavy atom. The molecule has 0 saturated carbocycles. The van der Waals surface area contributed by atoms with Gasteiger partial charge in [0.15, 0.2) is 0 Å². The number of anilines is 1. The molecule has 0 aliphatic carbocycles. The Balaban J connectivity index is 2.53. The molecule has 0 aromatic heterocycles. The van der Waals surface area contributed by atoms with Gasteiger partial charge in [0.2, 0.25) is 0 Å². The molecule has 4 nitrogen and oxygen atoms in total. The lowest BCUT2D eigenvalue weighted by molar-refractivity contribution is 0.306. The van der Waals surface area contributed by atoms with Crippen LogP contribution in [0.25, 0.3) is 0 Å². The van der Waals surface area contributed by atoms with E-state index in [9.17, 15) is 13.5 Å². The van der Waals surface area contributed by atoms with E-state index in [4.69, 9.17) is 11.6 Å². The first kappa shape index (κ1) is 15.8. The van der Waals surface area contributed by atoms with Crippen LogP contribution >= 0.6 is 11.6 Å². The molecule has 1 N–H and O–H groups in total. The van der Waals surface area contributed by atoms with Gasteiger partial charge in [0.05, 0.1) is 23.9 Å². The maximum Gasteiger partial charge on any atom is 0.265 e. The molecule has 0 radical (unpaired) electrons. The number of nitrogens with zero attached hydrogens (tertiary/aromatic N) is 1. The first-order valence-corrected chi connectivity index (χ1v) is 8.23. The maximum atomic E-state index is 12.8. The Labute approximate surface area is 129 Å². The Bertz CT molecular complexity index is 717. The predicted molar refractivity (Wildman–Crippen MR) is 84.2 cm³/mol. The number of halogens is 1. The molecule has 0 aliphatic rings. The van der Waals surface area contributed by atoms with Crippen molar-refractivity contribution in [2.45, 2.75) is 11.8 Å². The van der Waals surface area contributed by atoms with Gasteiger partial charge in [0.25, 0.3) is 10.0 Å². The normalized spacial score (nSPS) is 11.4. The molecule has 21 heavy (non-hydrogen) atoms. The third kappa shape index (κ3) is 3.37. The summed E-state index contributed by atoms with van der Waals surface area (Å²) in [7, 11) is -3.82. The van der Waals surface area contributed by atoms with Crippen molar-refractivity contribution in [3.05, 3.63) is 59.1 Å². The van der Waals surface area contributed by atoms with Crippen LogP contribution in [0.3, 0.4) is 0 Å². The molecule has 2 aromatic rings. The molecule has 0 spiro atoms. The lowest BCUT2D eigenvalue weighted by Crippen LogP contribution is -2.33. The van der Waals surface area contributed by atoms with E-state index in [1.807, 2.05) is 6.92 Å². The molecule has 2 rings (SSSR count). The zero-order valence-corrected chi connectivity index (χ0v) is 13.1. The molecule has 0 aliphatic heterocycles. The van der Waals surface area contributed by atoms with Crippen LogP contribution in [0.2, 0.25) is 5.02 Å². The second-order valence-corrected chi connectivity index (χ2v) is 6.81. The van der Waals surface area contributed by atoms with E-state index in [1.54, 1.807) is 42.5 Å². The minimum absolute atomic E-state index is 0.0312. The van der Waals surface area contributed by atoms with Crippen LogP contribution in [-0.2, 0) is 10.0 Å². The molecular formula is C15H16ClNO3S. The minimum Gasteiger partial charge on any atom is -0.394 e. The maximum absolute atomic E-state index is 12.8. The van der Waals surface area contributed by atoms with Crippen molar-refractivity contribution in [1.29, 1.82) is 0 Å². The Hall–Kier alpha value is -1.56. The first-order valence-electron chi connectivity index (χ1n) is 6.41. The molecule has 6 heteroatoms. The second kappa shape index (κ2) is 6.47. The highest BCUT2D eigenvalue weighted by molar-refractivity contribution is 7.93. The van der Waals surface area contributed by atoms with Gasteiger partial charge >= 0.3 is 0 Å². The number of benzene rings is 2. The minimum atomic E-state index is -3.82. The van der Waals surface area contributed by atoms with Crippen LogP contribution in [0.4, 0.5) is 5.69 Å². The van der Waals surface area contributed by atoms with Gasteiger partial charge in [0.1, 0.15) is 4.90 Å². The van der Waals surface area contributed by atoms with Crippen molar-refractivity contribution in [2.24, 2.45) is 0 Å². The predicted octanol–water partition coefficient (Wildman–Crippen LogP) is 2.84. The summed E-state index contributed by atoms with van der Waals surface area (Å²) in [5.74, 6) is 0. The number of rotatable bonds is 5. The van der Waals surface area contributed by atoms with Crippen LogP contribution in [-0.4, -0.2) is 26.7 Å². The fourth-order valence-corrected chi connectivity index (χ4v) is 4.04. The summed E-state index contributed by atoms with van der Waals surface area (Å²) >= 11 is 6.08. The van der Waals surface area contributed by atoms with Crippen molar-refractivity contribution < 1.29 is 13.5 Å². The molecule has 0 saturated heterocycles. The molecule has 0 fully saturated rings. The highest BCUT2D eigenvalue weighted by atomic mass is 35.5. The Morgan fingerprint density at radius 1 is 1.14 bits per heavy atom. The molecular weight excluding hydrogens is 310 g/mol.